The third-order valence-corrected chi connectivity index (χ3v) is 2.99. The van der Waals surface area contributed by atoms with Crippen molar-refractivity contribution in [3.8, 4) is 17.1 Å². The molecule has 3 aromatic heterocycles. The van der Waals surface area contributed by atoms with Gasteiger partial charge >= 0.3 is 0 Å². The minimum Gasteiger partial charge on any atom is -0.383 e. The van der Waals surface area contributed by atoms with Gasteiger partial charge in [0.25, 0.3) is 0 Å². The summed E-state index contributed by atoms with van der Waals surface area (Å²) < 4.78 is 1.66. The molecule has 19 heavy (non-hydrogen) atoms. The van der Waals surface area contributed by atoms with Gasteiger partial charge in [-0.1, -0.05) is 6.07 Å². The van der Waals surface area contributed by atoms with Crippen LogP contribution in [0.25, 0.3) is 17.1 Å². The topological polar surface area (TPSA) is 69.6 Å². The number of pyridine rings is 2. The van der Waals surface area contributed by atoms with Crippen molar-refractivity contribution in [3.63, 3.8) is 0 Å². The second-order valence-corrected chi connectivity index (χ2v) is 4.19. The number of nitrogens with two attached hydrogens (primary N) is 1. The van der Waals surface area contributed by atoms with Crippen LogP contribution < -0.4 is 5.73 Å². The molecule has 0 amide bonds. The molecule has 5 heteroatoms. The van der Waals surface area contributed by atoms with Crippen LogP contribution in [0.4, 0.5) is 5.82 Å². The van der Waals surface area contributed by atoms with E-state index in [1.54, 1.807) is 23.3 Å². The predicted octanol–water partition coefficient (Wildman–Crippen LogP) is 2.22. The monoisotopic (exact) mass is 251 g/mol. The van der Waals surface area contributed by atoms with E-state index < -0.39 is 0 Å². The lowest BCUT2D eigenvalue weighted by atomic mass is 10.1. The summed E-state index contributed by atoms with van der Waals surface area (Å²) in [6, 6.07) is 9.47. The van der Waals surface area contributed by atoms with Gasteiger partial charge in [0, 0.05) is 29.7 Å². The van der Waals surface area contributed by atoms with Crippen molar-refractivity contribution >= 4 is 5.82 Å². The summed E-state index contributed by atoms with van der Waals surface area (Å²) in [5.74, 6) is 1.31. The molecule has 2 N–H and O–H groups in total. The van der Waals surface area contributed by atoms with Gasteiger partial charge in [0.1, 0.15) is 5.82 Å². The first-order valence-corrected chi connectivity index (χ1v) is 5.94. The van der Waals surface area contributed by atoms with E-state index in [1.165, 1.54) is 0 Å². The highest BCUT2D eigenvalue weighted by molar-refractivity contribution is 5.68. The highest BCUT2D eigenvalue weighted by atomic mass is 15.3. The minimum atomic E-state index is 0.602. The standard InChI is InChI=1S/C14H13N5/c1-10-13(11-5-8-16-9-6-11)18-19(14(10)15)12-4-2-3-7-17-12/h2-9H,15H2,1H3. The first-order chi connectivity index (χ1) is 9.27. The highest BCUT2D eigenvalue weighted by Crippen LogP contribution is 2.27. The maximum atomic E-state index is 6.12. The molecule has 0 saturated heterocycles. The van der Waals surface area contributed by atoms with E-state index in [2.05, 4.69) is 15.1 Å². The van der Waals surface area contributed by atoms with Crippen LogP contribution in [0, 0.1) is 6.92 Å². The van der Waals surface area contributed by atoms with Crippen LogP contribution in [0.2, 0.25) is 0 Å². The Balaban J connectivity index is 2.16. The second kappa shape index (κ2) is 4.53. The van der Waals surface area contributed by atoms with Crippen LogP contribution in [0.15, 0.2) is 48.9 Å². The first-order valence-electron chi connectivity index (χ1n) is 5.94. The van der Waals surface area contributed by atoms with E-state index in [0.717, 1.165) is 16.8 Å². The molecule has 94 valence electrons. The van der Waals surface area contributed by atoms with Crippen LogP contribution in [-0.2, 0) is 0 Å². The van der Waals surface area contributed by atoms with E-state index in [1.807, 2.05) is 37.3 Å². The normalized spacial score (nSPS) is 10.6. The van der Waals surface area contributed by atoms with Gasteiger partial charge in [-0.3, -0.25) is 4.98 Å². The van der Waals surface area contributed by atoms with E-state index in [0.29, 0.717) is 11.6 Å². The van der Waals surface area contributed by atoms with Gasteiger partial charge < -0.3 is 5.73 Å². The summed E-state index contributed by atoms with van der Waals surface area (Å²) in [5, 5.41) is 4.55. The summed E-state index contributed by atoms with van der Waals surface area (Å²) in [6.07, 6.45) is 5.20. The van der Waals surface area contributed by atoms with Crippen molar-refractivity contribution in [2.75, 3.05) is 5.73 Å². The van der Waals surface area contributed by atoms with Gasteiger partial charge in [-0.05, 0) is 31.2 Å². The number of nitrogen functional groups attached to an aromatic ring is 1. The van der Waals surface area contributed by atoms with Crippen LogP contribution in [-0.4, -0.2) is 19.7 Å². The quantitative estimate of drug-likeness (QED) is 0.758. The first kappa shape index (κ1) is 11.4. The Morgan fingerprint density at radius 1 is 1.05 bits per heavy atom. The average molecular weight is 251 g/mol. The van der Waals surface area contributed by atoms with E-state index >= 15 is 0 Å². The largest absolute Gasteiger partial charge is 0.383 e. The Morgan fingerprint density at radius 2 is 1.84 bits per heavy atom. The highest BCUT2D eigenvalue weighted by Gasteiger charge is 2.14. The molecule has 0 spiro atoms. The number of aromatic nitrogens is 4. The van der Waals surface area contributed by atoms with Crippen molar-refractivity contribution in [1.29, 1.82) is 0 Å². The second-order valence-electron chi connectivity index (χ2n) is 4.19. The molecule has 0 aromatic carbocycles. The van der Waals surface area contributed by atoms with Crippen molar-refractivity contribution in [2.24, 2.45) is 0 Å². The summed E-state index contributed by atoms with van der Waals surface area (Å²) >= 11 is 0. The SMILES string of the molecule is Cc1c(-c2ccncc2)nn(-c2ccccn2)c1N. The Morgan fingerprint density at radius 3 is 2.53 bits per heavy atom. The maximum absolute atomic E-state index is 6.12. The average Bonchev–Trinajstić information content (AvgIpc) is 2.77. The lowest BCUT2D eigenvalue weighted by Crippen LogP contribution is -2.03. The lowest BCUT2D eigenvalue weighted by Gasteiger charge is -2.01. The van der Waals surface area contributed by atoms with Crippen molar-refractivity contribution in [1.82, 2.24) is 19.7 Å². The molecule has 3 rings (SSSR count). The maximum Gasteiger partial charge on any atom is 0.155 e. The summed E-state index contributed by atoms with van der Waals surface area (Å²) in [7, 11) is 0. The zero-order valence-corrected chi connectivity index (χ0v) is 10.5. The zero-order chi connectivity index (χ0) is 13.2. The summed E-state index contributed by atoms with van der Waals surface area (Å²) in [6.45, 7) is 1.96. The molecular formula is C14H13N5. The third-order valence-electron chi connectivity index (χ3n) is 2.99. The predicted molar refractivity (Wildman–Crippen MR) is 73.7 cm³/mol. The molecule has 5 nitrogen and oxygen atoms in total. The van der Waals surface area contributed by atoms with Crippen molar-refractivity contribution in [2.45, 2.75) is 6.92 Å². The van der Waals surface area contributed by atoms with Crippen molar-refractivity contribution < 1.29 is 0 Å². The molecule has 3 heterocycles. The Kier molecular flexibility index (Phi) is 2.72. The molecule has 0 aliphatic carbocycles. The van der Waals surface area contributed by atoms with Gasteiger partial charge in [0.15, 0.2) is 5.82 Å². The van der Waals surface area contributed by atoms with E-state index in [4.69, 9.17) is 5.73 Å². The fraction of sp³-hybridized carbons (Fsp3) is 0.0714. The summed E-state index contributed by atoms with van der Waals surface area (Å²) in [5.41, 5.74) is 8.91. The summed E-state index contributed by atoms with van der Waals surface area (Å²) in [4.78, 5) is 8.28. The smallest absolute Gasteiger partial charge is 0.155 e. The number of anilines is 1. The Bertz CT molecular complexity index is 629. The number of hydrogen-bond acceptors (Lipinski definition) is 4. The van der Waals surface area contributed by atoms with Crippen LogP contribution in [0.1, 0.15) is 5.56 Å². The van der Waals surface area contributed by atoms with Gasteiger partial charge in [0.2, 0.25) is 0 Å². The fourth-order valence-corrected chi connectivity index (χ4v) is 1.95. The van der Waals surface area contributed by atoms with Crippen LogP contribution in [0.5, 0.6) is 0 Å². The molecule has 0 radical (unpaired) electrons. The molecular weight excluding hydrogens is 238 g/mol. The van der Waals surface area contributed by atoms with Gasteiger partial charge in [-0.2, -0.15) is 9.78 Å². The minimum absolute atomic E-state index is 0.602. The van der Waals surface area contributed by atoms with Crippen LogP contribution >= 0.6 is 0 Å². The molecule has 0 fully saturated rings. The molecule has 0 aliphatic rings. The van der Waals surface area contributed by atoms with E-state index in [9.17, 15) is 0 Å². The Hall–Kier alpha value is -2.69. The molecule has 0 aliphatic heterocycles. The van der Waals surface area contributed by atoms with Gasteiger partial charge in [-0.15, -0.1) is 0 Å². The molecule has 0 atom stereocenters. The lowest BCUT2D eigenvalue weighted by molar-refractivity contribution is 0.860. The van der Waals surface area contributed by atoms with Gasteiger partial charge in [-0.25, -0.2) is 4.98 Å². The van der Waals surface area contributed by atoms with Crippen molar-refractivity contribution in [3.05, 3.63) is 54.5 Å². The molecule has 0 unspecified atom stereocenters. The number of hydrogen-bond donors (Lipinski definition) is 1. The Labute approximate surface area is 110 Å². The third kappa shape index (κ3) is 1.95. The molecule has 0 bridgehead atoms. The molecule has 0 saturated carbocycles. The van der Waals surface area contributed by atoms with E-state index in [-0.39, 0.29) is 0 Å². The zero-order valence-electron chi connectivity index (χ0n) is 10.5. The molecule has 3 aromatic rings. The van der Waals surface area contributed by atoms with Crippen LogP contribution in [0.3, 0.4) is 0 Å². The number of nitrogens with zero attached hydrogens (tertiary/aromatic N) is 4. The number of rotatable bonds is 2. The van der Waals surface area contributed by atoms with Gasteiger partial charge in [0.05, 0.1) is 5.69 Å². The fourth-order valence-electron chi connectivity index (χ4n) is 1.95.